The molecule has 9 heteroatoms. The molecule has 1 unspecified atom stereocenters. The van der Waals surface area contributed by atoms with Crippen LogP contribution in [0.5, 0.6) is 0 Å². The maximum atomic E-state index is 11.8. The van der Waals surface area contributed by atoms with E-state index >= 15 is 0 Å². The predicted octanol–water partition coefficient (Wildman–Crippen LogP) is 2.53. The van der Waals surface area contributed by atoms with Gasteiger partial charge in [0, 0.05) is 14.2 Å². The van der Waals surface area contributed by atoms with Crippen LogP contribution in [0.3, 0.4) is 0 Å². The van der Waals surface area contributed by atoms with Gasteiger partial charge in [0.2, 0.25) is 5.69 Å². The third kappa shape index (κ3) is 8.24. The molecule has 0 aliphatic rings. The van der Waals surface area contributed by atoms with Crippen LogP contribution in [0.25, 0.3) is 0 Å². The van der Waals surface area contributed by atoms with Crippen molar-refractivity contribution in [3.05, 3.63) is 0 Å². The van der Waals surface area contributed by atoms with Gasteiger partial charge >= 0.3 is 5.97 Å². The summed E-state index contributed by atoms with van der Waals surface area (Å²) in [5.41, 5.74) is -2.52. The second-order valence-corrected chi connectivity index (χ2v) is 9.79. The lowest BCUT2D eigenvalue weighted by atomic mass is 10.3. The maximum absolute atomic E-state index is 11.8. The maximum Gasteiger partial charge on any atom is 0.319 e. The Bertz CT molecular complexity index is 294. The summed E-state index contributed by atoms with van der Waals surface area (Å²) in [6, 6.07) is 0. The molecule has 1 atom stereocenters. The molecule has 0 amide bonds. The van der Waals surface area contributed by atoms with Gasteiger partial charge in [-0.3, -0.25) is 4.79 Å². The Hall–Kier alpha value is 0.310. The number of rotatable bonds is 11. The van der Waals surface area contributed by atoms with E-state index in [1.54, 1.807) is 6.92 Å². The first kappa shape index (κ1) is 19.3. The minimum absolute atomic E-state index is 0.271. The normalized spacial score (nSPS) is 13.3. The van der Waals surface area contributed by atoms with Gasteiger partial charge in [0.1, 0.15) is 5.25 Å². The molecule has 0 aromatic rings. The summed E-state index contributed by atoms with van der Waals surface area (Å²) in [4.78, 5) is 21.5. The molecule has 19 heavy (non-hydrogen) atoms. The van der Waals surface area contributed by atoms with Crippen molar-refractivity contribution in [1.29, 1.82) is 0 Å². The standard InChI is InChI=1S/C10H21O6PS2/c1-5-14-10(11)9(7-8-16-15-6-2)19-17(18,12-3)13-4/h9H,5-8H2,1-4H3. The third-order valence-corrected chi connectivity index (χ3v) is 7.85. The van der Waals surface area contributed by atoms with Crippen molar-refractivity contribution in [3.8, 4) is 0 Å². The number of carbonyl (C=O) groups is 1. The molecule has 0 fully saturated rings. The number of ether oxygens (including phenoxy) is 1. The highest BCUT2D eigenvalue weighted by Gasteiger charge is 2.29. The van der Waals surface area contributed by atoms with E-state index in [0.717, 1.165) is 0 Å². The Labute approximate surface area is 123 Å². The zero-order chi connectivity index (χ0) is 14.7. The molecule has 114 valence electrons. The van der Waals surface area contributed by atoms with E-state index in [1.165, 1.54) is 25.6 Å². The first-order valence-electron chi connectivity index (χ1n) is 5.83. The van der Waals surface area contributed by atoms with E-state index in [1.807, 2.05) is 6.92 Å². The smallest absolute Gasteiger partial charge is 0.319 e. The van der Waals surface area contributed by atoms with Gasteiger partial charge in [-0.15, -0.1) is 0 Å². The van der Waals surface area contributed by atoms with Gasteiger partial charge in [-0.25, -0.2) is 9.78 Å². The van der Waals surface area contributed by atoms with E-state index < -0.39 is 10.9 Å². The fourth-order valence-corrected chi connectivity index (χ4v) is 5.01. The van der Waals surface area contributed by atoms with Crippen LogP contribution in [0.1, 0.15) is 20.3 Å². The zero-order valence-electron chi connectivity index (χ0n) is 11.6. The van der Waals surface area contributed by atoms with Gasteiger partial charge in [-0.05, 0) is 32.1 Å². The van der Waals surface area contributed by atoms with Crippen molar-refractivity contribution in [2.75, 3.05) is 34.0 Å². The summed E-state index contributed by atoms with van der Waals surface area (Å²) in [7, 11) is 2.94. The molecule has 0 aliphatic heterocycles. The molecule has 0 aromatic heterocycles. The second kappa shape index (κ2) is 11.0. The lowest BCUT2D eigenvalue weighted by Crippen LogP contribution is -2.22. The molecule has 0 rings (SSSR count). The summed E-state index contributed by atoms with van der Waals surface area (Å²) in [6.45, 7) is 4.59. The largest absolute Gasteiger partial charge is 0.465 e. The Kier molecular flexibility index (Phi) is 11.2. The fraction of sp³-hybridized carbons (Fsp3) is 0.900. The summed E-state index contributed by atoms with van der Waals surface area (Å²) in [5.74, 6) is -0.351. The van der Waals surface area contributed by atoms with Crippen LogP contribution in [-0.4, -0.2) is 45.3 Å². The molecule has 0 radical (unpaired) electrons. The average molecular weight is 332 g/mol. The van der Waals surface area contributed by atoms with E-state index in [0.29, 0.717) is 19.6 Å². The van der Waals surface area contributed by atoms with Crippen LogP contribution in [0.4, 0.5) is 0 Å². The van der Waals surface area contributed by atoms with E-state index in [-0.39, 0.29) is 12.6 Å². The zero-order valence-corrected chi connectivity index (χ0v) is 14.1. The molecule has 6 nitrogen and oxygen atoms in total. The van der Waals surface area contributed by atoms with Crippen molar-refractivity contribution < 1.29 is 28.4 Å². The predicted molar refractivity (Wildman–Crippen MR) is 78.5 cm³/mol. The van der Waals surface area contributed by atoms with Crippen molar-refractivity contribution in [2.24, 2.45) is 0 Å². The van der Waals surface area contributed by atoms with Gasteiger partial charge in [0.05, 0.1) is 19.8 Å². The topological polar surface area (TPSA) is 63.2 Å². The summed E-state index contributed by atoms with van der Waals surface area (Å²) < 4.78 is 15.3. The molecule has 0 saturated heterocycles. The summed E-state index contributed by atoms with van der Waals surface area (Å²) >= 11 is 6.41. The van der Waals surface area contributed by atoms with Crippen molar-refractivity contribution >= 4 is 34.9 Å². The number of carbonyl (C=O) groups excluding carboxylic acids is 1. The summed E-state index contributed by atoms with van der Waals surface area (Å²) in [5, 5.41) is -0.494. The van der Waals surface area contributed by atoms with E-state index in [2.05, 4.69) is 0 Å². The molecule has 0 N–H and O–H groups in total. The third-order valence-electron chi connectivity index (χ3n) is 1.92. The number of esters is 1. The van der Waals surface area contributed by atoms with Gasteiger partial charge in [-0.1, -0.05) is 11.4 Å². The first-order chi connectivity index (χ1) is 9.02. The first-order valence-corrected chi connectivity index (χ1v) is 9.96. The lowest BCUT2D eigenvalue weighted by Gasteiger charge is -2.22. The van der Waals surface area contributed by atoms with Crippen LogP contribution in [-0.2, 0) is 40.2 Å². The van der Waals surface area contributed by atoms with Crippen LogP contribution in [0.15, 0.2) is 0 Å². The van der Waals surface area contributed by atoms with Crippen molar-refractivity contribution in [3.63, 3.8) is 0 Å². The van der Waals surface area contributed by atoms with Gasteiger partial charge in [0.15, 0.2) is 0 Å². The molecule has 0 heterocycles. The minimum Gasteiger partial charge on any atom is -0.465 e. The van der Waals surface area contributed by atoms with Gasteiger partial charge in [-0.2, -0.15) is 0 Å². The lowest BCUT2D eigenvalue weighted by molar-refractivity contribution is -0.291. The van der Waals surface area contributed by atoms with Gasteiger partial charge < -0.3 is 13.8 Å². The highest BCUT2D eigenvalue weighted by molar-refractivity contribution is 8.68. The van der Waals surface area contributed by atoms with Crippen LogP contribution in [0.2, 0.25) is 0 Å². The Morgan fingerprint density at radius 3 is 2.32 bits per heavy atom. The Morgan fingerprint density at radius 2 is 1.84 bits per heavy atom. The molecule has 0 aromatic carbocycles. The van der Waals surface area contributed by atoms with Crippen molar-refractivity contribution in [2.45, 2.75) is 25.5 Å². The monoisotopic (exact) mass is 332 g/mol. The molecule has 0 aliphatic carbocycles. The minimum atomic E-state index is -2.52. The average Bonchev–Trinajstić information content (AvgIpc) is 2.42. The van der Waals surface area contributed by atoms with E-state index in [4.69, 9.17) is 35.4 Å². The Balaban J connectivity index is 4.49. The quantitative estimate of drug-likeness (QED) is 0.188. The van der Waals surface area contributed by atoms with Crippen LogP contribution in [0, 0.1) is 0 Å². The highest BCUT2D eigenvalue weighted by atomic mass is 32.9. The SMILES string of the molecule is CCOOCCC(SP(=S)(OC)OC)C(=O)OCC. The van der Waals surface area contributed by atoms with Gasteiger partial charge in [0.25, 0.3) is 0 Å². The molecular formula is C10H21O6PS2. The highest BCUT2D eigenvalue weighted by Crippen LogP contribution is 2.62. The second-order valence-electron chi connectivity index (χ2n) is 3.18. The number of hydrogen-bond acceptors (Lipinski definition) is 8. The molecular weight excluding hydrogens is 311 g/mol. The molecule has 0 bridgehead atoms. The van der Waals surface area contributed by atoms with Crippen LogP contribution < -0.4 is 0 Å². The number of hydrogen-bond donors (Lipinski definition) is 0. The van der Waals surface area contributed by atoms with E-state index in [9.17, 15) is 4.79 Å². The molecule has 0 spiro atoms. The summed E-state index contributed by atoms with van der Waals surface area (Å²) in [6.07, 6.45) is 0.411. The molecule has 0 saturated carbocycles. The fourth-order valence-electron chi connectivity index (χ4n) is 1.06. The van der Waals surface area contributed by atoms with Crippen LogP contribution >= 0.6 is 17.1 Å². The van der Waals surface area contributed by atoms with Crippen molar-refractivity contribution in [1.82, 2.24) is 0 Å². The Morgan fingerprint density at radius 1 is 1.21 bits per heavy atom.